The second-order valence-corrected chi connectivity index (χ2v) is 8.63. The van der Waals surface area contributed by atoms with Gasteiger partial charge in [-0.1, -0.05) is 18.2 Å². The molecule has 0 fully saturated rings. The summed E-state index contributed by atoms with van der Waals surface area (Å²) in [5, 5.41) is 35.8. The Bertz CT molecular complexity index is 1210. The molecule has 1 aromatic heterocycles. The highest BCUT2D eigenvalue weighted by Gasteiger charge is 2.33. The van der Waals surface area contributed by atoms with Crippen LogP contribution in [0, 0.1) is 0 Å². The van der Waals surface area contributed by atoms with Crippen molar-refractivity contribution in [1.82, 2.24) is 20.9 Å². The smallest absolute Gasteiger partial charge is 0.326 e. The van der Waals surface area contributed by atoms with E-state index in [2.05, 4.69) is 20.9 Å². The number of fused-ring (bicyclic) bond motifs is 1. The number of aliphatic carboxylic acids is 2. The van der Waals surface area contributed by atoms with E-state index < -0.39 is 78.7 Å². The van der Waals surface area contributed by atoms with Gasteiger partial charge in [-0.2, -0.15) is 0 Å². The van der Waals surface area contributed by atoms with Crippen molar-refractivity contribution in [3.63, 3.8) is 0 Å². The van der Waals surface area contributed by atoms with Gasteiger partial charge in [-0.25, -0.2) is 4.79 Å². The molecule has 0 spiro atoms. The number of H-pyrrole nitrogens is 1. The number of hydrogen-bond donors (Lipinski definition) is 9. The average molecular weight is 535 g/mol. The number of benzene rings is 1. The molecule has 11 N–H and O–H groups in total. The monoisotopic (exact) mass is 534 g/mol. The molecule has 15 heteroatoms. The Morgan fingerprint density at radius 1 is 0.921 bits per heavy atom. The van der Waals surface area contributed by atoms with Gasteiger partial charge in [0.05, 0.1) is 25.0 Å². The molecule has 38 heavy (non-hydrogen) atoms. The third kappa shape index (κ3) is 8.28. The first-order valence-corrected chi connectivity index (χ1v) is 11.4. The van der Waals surface area contributed by atoms with Crippen molar-refractivity contribution in [1.29, 1.82) is 0 Å². The highest BCUT2D eigenvalue weighted by atomic mass is 16.4. The third-order valence-electron chi connectivity index (χ3n) is 5.55. The Kier molecular flexibility index (Phi) is 10.3. The van der Waals surface area contributed by atoms with E-state index in [1.807, 2.05) is 0 Å². The first-order chi connectivity index (χ1) is 17.8. The maximum atomic E-state index is 13.1. The first kappa shape index (κ1) is 29.7. The molecule has 0 aliphatic carbocycles. The molecule has 5 unspecified atom stereocenters. The van der Waals surface area contributed by atoms with Gasteiger partial charge in [0.1, 0.15) is 18.1 Å². The predicted molar refractivity (Wildman–Crippen MR) is 131 cm³/mol. The maximum absolute atomic E-state index is 13.1. The standard InChI is InChI=1S/C23H30N6O9/c1-10(30)19(29-20(34)13(24)7-17(25)31)22(36)27-15(21(35)28-16(23(37)38)8-18(32)33)6-11-9-26-14-5-3-2-4-12(11)14/h2-5,9-10,13,15-16,19,26,30H,6-8,24H2,1H3,(H2,25,31)(H,27,36)(H,28,35)(H,29,34)(H,32,33)(H,37,38). The number of carbonyl (C=O) groups is 6. The second kappa shape index (κ2) is 13.2. The van der Waals surface area contributed by atoms with Crippen LogP contribution in [-0.2, 0) is 35.2 Å². The SMILES string of the molecule is CC(O)C(NC(=O)C(N)CC(N)=O)C(=O)NC(Cc1c[nH]c2ccccc12)C(=O)NC(CC(=O)O)C(=O)O. The third-order valence-corrected chi connectivity index (χ3v) is 5.55. The molecule has 5 atom stereocenters. The maximum Gasteiger partial charge on any atom is 0.326 e. The lowest BCUT2D eigenvalue weighted by Gasteiger charge is -2.26. The number of aromatic nitrogens is 1. The number of nitrogens with two attached hydrogens (primary N) is 2. The highest BCUT2D eigenvalue weighted by Crippen LogP contribution is 2.19. The summed E-state index contributed by atoms with van der Waals surface area (Å²) in [5.74, 6) is -6.94. The zero-order valence-electron chi connectivity index (χ0n) is 20.3. The van der Waals surface area contributed by atoms with Gasteiger partial charge in [-0.15, -0.1) is 0 Å². The number of aliphatic hydroxyl groups is 1. The zero-order chi connectivity index (χ0) is 28.6. The van der Waals surface area contributed by atoms with Crippen molar-refractivity contribution in [2.24, 2.45) is 11.5 Å². The van der Waals surface area contributed by atoms with E-state index in [-0.39, 0.29) is 6.42 Å². The topological polar surface area (TPSA) is 267 Å². The van der Waals surface area contributed by atoms with Gasteiger partial charge in [0.2, 0.25) is 23.6 Å². The molecule has 0 aliphatic heterocycles. The van der Waals surface area contributed by atoms with Crippen LogP contribution in [0.1, 0.15) is 25.3 Å². The van der Waals surface area contributed by atoms with Crippen LogP contribution in [0.5, 0.6) is 0 Å². The molecular formula is C23H30N6O9. The Balaban J connectivity index is 2.31. The van der Waals surface area contributed by atoms with Crippen molar-refractivity contribution in [3.8, 4) is 0 Å². The van der Waals surface area contributed by atoms with Crippen molar-refractivity contribution in [2.75, 3.05) is 0 Å². The van der Waals surface area contributed by atoms with Gasteiger partial charge in [0.15, 0.2) is 0 Å². The van der Waals surface area contributed by atoms with Gasteiger partial charge < -0.3 is 47.7 Å². The van der Waals surface area contributed by atoms with Gasteiger partial charge >= 0.3 is 11.9 Å². The van der Waals surface area contributed by atoms with Crippen LogP contribution in [0.2, 0.25) is 0 Å². The van der Waals surface area contributed by atoms with Gasteiger partial charge in [0, 0.05) is 23.5 Å². The molecule has 0 bridgehead atoms. The van der Waals surface area contributed by atoms with E-state index in [4.69, 9.17) is 16.6 Å². The zero-order valence-corrected chi connectivity index (χ0v) is 20.3. The molecule has 4 amide bonds. The van der Waals surface area contributed by atoms with Gasteiger partial charge in [0.25, 0.3) is 0 Å². The number of carbonyl (C=O) groups excluding carboxylic acids is 4. The molecule has 15 nitrogen and oxygen atoms in total. The Labute approximate surface area is 215 Å². The van der Waals surface area contributed by atoms with Crippen molar-refractivity contribution in [3.05, 3.63) is 36.0 Å². The van der Waals surface area contributed by atoms with Crippen molar-refractivity contribution < 1.29 is 44.1 Å². The van der Waals surface area contributed by atoms with Crippen LogP contribution in [0.4, 0.5) is 0 Å². The minimum Gasteiger partial charge on any atom is -0.481 e. The van der Waals surface area contributed by atoms with Crippen LogP contribution in [-0.4, -0.2) is 86.1 Å². The molecule has 1 aromatic carbocycles. The minimum absolute atomic E-state index is 0.164. The van der Waals surface area contributed by atoms with E-state index in [0.29, 0.717) is 10.9 Å². The second-order valence-electron chi connectivity index (χ2n) is 8.63. The summed E-state index contributed by atoms with van der Waals surface area (Å²) in [6, 6.07) is 0.783. The highest BCUT2D eigenvalue weighted by molar-refractivity contribution is 5.96. The van der Waals surface area contributed by atoms with E-state index in [9.17, 15) is 39.0 Å². The quantitative estimate of drug-likeness (QED) is 0.121. The summed E-state index contributed by atoms with van der Waals surface area (Å²) in [4.78, 5) is 75.0. The predicted octanol–water partition coefficient (Wildman–Crippen LogP) is -2.69. The molecule has 1 heterocycles. The lowest BCUT2D eigenvalue weighted by atomic mass is 10.0. The van der Waals surface area contributed by atoms with Crippen LogP contribution >= 0.6 is 0 Å². The Hall–Kier alpha value is -4.50. The van der Waals surface area contributed by atoms with Gasteiger partial charge in [-0.05, 0) is 18.6 Å². The van der Waals surface area contributed by atoms with Crippen LogP contribution < -0.4 is 27.4 Å². The number of hydrogen-bond acceptors (Lipinski definition) is 8. The number of rotatable bonds is 14. The van der Waals surface area contributed by atoms with Gasteiger partial charge in [-0.3, -0.25) is 24.0 Å². The lowest BCUT2D eigenvalue weighted by Crippen LogP contribution is -2.60. The number of nitrogens with one attached hydrogen (secondary N) is 4. The molecule has 0 radical (unpaired) electrons. The summed E-state index contributed by atoms with van der Waals surface area (Å²) < 4.78 is 0. The number of carboxylic acids is 2. The van der Waals surface area contributed by atoms with E-state index >= 15 is 0 Å². The van der Waals surface area contributed by atoms with E-state index in [0.717, 1.165) is 5.52 Å². The fourth-order valence-electron chi connectivity index (χ4n) is 3.61. The Morgan fingerprint density at radius 2 is 1.55 bits per heavy atom. The molecule has 0 saturated heterocycles. The summed E-state index contributed by atoms with van der Waals surface area (Å²) >= 11 is 0. The Morgan fingerprint density at radius 3 is 2.13 bits per heavy atom. The molecule has 0 aliphatic rings. The van der Waals surface area contributed by atoms with Crippen LogP contribution in [0.25, 0.3) is 10.9 Å². The normalized spacial score (nSPS) is 14.9. The molecule has 206 valence electrons. The van der Waals surface area contributed by atoms with Crippen LogP contribution in [0.3, 0.4) is 0 Å². The molecule has 2 rings (SSSR count). The van der Waals surface area contributed by atoms with E-state index in [1.54, 1.807) is 30.5 Å². The number of para-hydroxylation sites is 1. The van der Waals surface area contributed by atoms with Crippen LogP contribution in [0.15, 0.2) is 30.5 Å². The summed E-state index contributed by atoms with van der Waals surface area (Å²) in [5.41, 5.74) is 11.9. The minimum atomic E-state index is -1.79. The number of aliphatic hydroxyl groups excluding tert-OH is 1. The summed E-state index contributed by atoms with van der Waals surface area (Å²) in [6.07, 6.45) is -1.50. The van der Waals surface area contributed by atoms with E-state index in [1.165, 1.54) is 6.92 Å². The van der Waals surface area contributed by atoms with Crippen molar-refractivity contribution >= 4 is 46.5 Å². The van der Waals surface area contributed by atoms with Crippen molar-refractivity contribution in [2.45, 2.75) is 56.5 Å². The number of amides is 4. The summed E-state index contributed by atoms with van der Waals surface area (Å²) in [6.45, 7) is 1.19. The molecule has 0 saturated carbocycles. The average Bonchev–Trinajstić information content (AvgIpc) is 3.23. The first-order valence-electron chi connectivity index (χ1n) is 11.4. The number of aromatic amines is 1. The largest absolute Gasteiger partial charge is 0.481 e. The fraction of sp³-hybridized carbons (Fsp3) is 0.391. The molecule has 2 aromatic rings. The number of primary amides is 1. The summed E-state index contributed by atoms with van der Waals surface area (Å²) in [7, 11) is 0. The fourth-order valence-corrected chi connectivity index (χ4v) is 3.61. The number of carboxylic acid groups (broad SMARTS) is 2. The molecular weight excluding hydrogens is 504 g/mol. The lowest BCUT2D eigenvalue weighted by molar-refractivity contribution is -0.147.